The first kappa shape index (κ1) is 25.2. The molecule has 0 saturated heterocycles. The summed E-state index contributed by atoms with van der Waals surface area (Å²) in [6, 6.07) is 15.8. The monoisotopic (exact) mass is 499 g/mol. The third-order valence-electron chi connectivity index (χ3n) is 6.32. The number of fused-ring (bicyclic) bond motifs is 1. The predicted molar refractivity (Wildman–Crippen MR) is 127 cm³/mol. The van der Waals surface area contributed by atoms with Crippen LogP contribution in [0, 0.1) is 5.82 Å². The number of halogens is 4. The number of rotatable bonds is 6. The van der Waals surface area contributed by atoms with E-state index in [1.165, 1.54) is 18.2 Å². The lowest BCUT2D eigenvalue weighted by Gasteiger charge is -2.32. The summed E-state index contributed by atoms with van der Waals surface area (Å²) in [5.74, 6) is -0.989. The van der Waals surface area contributed by atoms with Crippen LogP contribution in [0.3, 0.4) is 0 Å². The van der Waals surface area contributed by atoms with E-state index in [1.54, 1.807) is 11.0 Å². The van der Waals surface area contributed by atoms with Crippen LogP contribution < -0.4 is 11.1 Å². The Morgan fingerprint density at radius 3 is 2.33 bits per heavy atom. The van der Waals surface area contributed by atoms with Crippen molar-refractivity contribution in [3.05, 3.63) is 94.8 Å². The molecule has 0 saturated carbocycles. The van der Waals surface area contributed by atoms with E-state index >= 15 is 0 Å². The Hall–Kier alpha value is -3.88. The van der Waals surface area contributed by atoms with Crippen molar-refractivity contribution in [2.75, 3.05) is 6.54 Å². The van der Waals surface area contributed by atoms with Gasteiger partial charge in [0, 0.05) is 25.1 Å². The molecule has 0 aliphatic carbocycles. The summed E-state index contributed by atoms with van der Waals surface area (Å²) in [7, 11) is 0. The quantitative estimate of drug-likeness (QED) is 0.434. The smallest absolute Gasteiger partial charge is 0.370 e. The van der Waals surface area contributed by atoms with Crippen LogP contribution in [0.15, 0.2) is 66.7 Å². The summed E-state index contributed by atoms with van der Waals surface area (Å²) in [6.45, 7) is 0.514. The Kier molecular flexibility index (Phi) is 7.28. The number of alkyl halides is 3. The van der Waals surface area contributed by atoms with Gasteiger partial charge < -0.3 is 16.0 Å². The zero-order chi connectivity index (χ0) is 25.9. The number of hydrogen-bond acceptors (Lipinski definition) is 2. The maximum Gasteiger partial charge on any atom is 0.416 e. The number of carbonyl (C=O) groups excluding carboxylic acids is 2. The first-order chi connectivity index (χ1) is 17.1. The van der Waals surface area contributed by atoms with E-state index in [1.807, 2.05) is 30.3 Å². The van der Waals surface area contributed by atoms with Crippen LogP contribution in [0.5, 0.6) is 0 Å². The highest BCUT2D eigenvalue weighted by Crippen LogP contribution is 2.35. The molecule has 4 rings (SSSR count). The van der Waals surface area contributed by atoms with Gasteiger partial charge >= 0.3 is 12.2 Å². The molecule has 0 spiro atoms. The van der Waals surface area contributed by atoms with E-state index in [4.69, 9.17) is 5.73 Å². The van der Waals surface area contributed by atoms with Gasteiger partial charge in [-0.1, -0.05) is 48.5 Å². The van der Waals surface area contributed by atoms with Crippen LogP contribution in [-0.2, 0) is 23.9 Å². The standard InChI is InChI=1S/C27H25F4N3O2/c28-22-11-8-19-16-34(26(36)33-23(12-13-24(32)35)17-4-2-1-3-5-17)15-14-21(19)25(22)18-6-9-20(10-7-18)27(29,30)31/h1-11,23H,12-16H2,(H2,32,35)(H,33,36)/t23-/m0/s1. The van der Waals surface area contributed by atoms with Gasteiger partial charge in [-0.15, -0.1) is 0 Å². The molecule has 5 nitrogen and oxygen atoms in total. The van der Waals surface area contributed by atoms with Crippen molar-refractivity contribution >= 4 is 11.9 Å². The number of nitrogens with zero attached hydrogens (tertiary/aromatic N) is 1. The van der Waals surface area contributed by atoms with Gasteiger partial charge in [0.1, 0.15) is 5.82 Å². The molecule has 0 unspecified atom stereocenters. The Morgan fingerprint density at radius 2 is 1.69 bits per heavy atom. The molecule has 1 atom stereocenters. The summed E-state index contributed by atoms with van der Waals surface area (Å²) in [5.41, 5.74) is 7.35. The molecule has 3 aromatic carbocycles. The number of nitrogens with one attached hydrogen (secondary N) is 1. The summed E-state index contributed by atoms with van der Waals surface area (Å²) in [6.07, 6.45) is -3.68. The minimum atomic E-state index is -4.48. The average molecular weight is 500 g/mol. The Labute approximate surface area is 205 Å². The van der Waals surface area contributed by atoms with E-state index in [-0.39, 0.29) is 24.6 Å². The third kappa shape index (κ3) is 5.67. The summed E-state index contributed by atoms with van der Waals surface area (Å²) < 4.78 is 53.6. The zero-order valence-electron chi connectivity index (χ0n) is 19.3. The topological polar surface area (TPSA) is 75.4 Å². The lowest BCUT2D eigenvalue weighted by Crippen LogP contribution is -2.44. The highest BCUT2D eigenvalue weighted by atomic mass is 19.4. The second-order valence-corrected chi connectivity index (χ2v) is 8.72. The van der Waals surface area contributed by atoms with Gasteiger partial charge in [0.05, 0.1) is 11.6 Å². The van der Waals surface area contributed by atoms with Crippen LogP contribution in [0.25, 0.3) is 11.1 Å². The number of amides is 3. The number of primary amides is 1. The number of benzene rings is 3. The third-order valence-corrected chi connectivity index (χ3v) is 6.32. The molecule has 1 aliphatic heterocycles. The molecule has 0 fully saturated rings. The van der Waals surface area contributed by atoms with Crippen molar-refractivity contribution < 1.29 is 27.2 Å². The second-order valence-electron chi connectivity index (χ2n) is 8.72. The fourth-order valence-electron chi connectivity index (χ4n) is 4.47. The van der Waals surface area contributed by atoms with Gasteiger partial charge in [0.2, 0.25) is 5.91 Å². The summed E-state index contributed by atoms with van der Waals surface area (Å²) in [5, 5.41) is 2.97. The first-order valence-corrected chi connectivity index (χ1v) is 11.5. The molecule has 3 N–H and O–H groups in total. The van der Waals surface area contributed by atoms with E-state index < -0.39 is 29.5 Å². The van der Waals surface area contributed by atoms with E-state index in [2.05, 4.69) is 5.32 Å². The molecule has 1 heterocycles. The maximum absolute atomic E-state index is 14.8. The van der Waals surface area contributed by atoms with Crippen molar-refractivity contribution in [1.82, 2.24) is 10.2 Å². The summed E-state index contributed by atoms with van der Waals surface area (Å²) >= 11 is 0. The van der Waals surface area contributed by atoms with E-state index in [0.717, 1.165) is 23.3 Å². The Morgan fingerprint density at radius 1 is 1.00 bits per heavy atom. The van der Waals surface area contributed by atoms with Crippen molar-refractivity contribution in [3.63, 3.8) is 0 Å². The largest absolute Gasteiger partial charge is 0.416 e. The number of hydrogen-bond donors (Lipinski definition) is 2. The molecule has 0 bridgehead atoms. The van der Waals surface area contributed by atoms with Crippen molar-refractivity contribution in [1.29, 1.82) is 0 Å². The van der Waals surface area contributed by atoms with Crippen LogP contribution in [0.4, 0.5) is 22.4 Å². The molecule has 1 aliphatic rings. The van der Waals surface area contributed by atoms with Crippen LogP contribution in [0.1, 0.15) is 41.1 Å². The minimum absolute atomic E-state index is 0.110. The van der Waals surface area contributed by atoms with Crippen LogP contribution in [-0.4, -0.2) is 23.4 Å². The molecule has 3 aromatic rings. The first-order valence-electron chi connectivity index (χ1n) is 11.5. The predicted octanol–water partition coefficient (Wildman–Crippen LogP) is 5.59. The van der Waals surface area contributed by atoms with Gasteiger partial charge in [0.25, 0.3) is 0 Å². The normalized spacial score (nSPS) is 14.2. The average Bonchev–Trinajstić information content (AvgIpc) is 2.86. The van der Waals surface area contributed by atoms with Crippen molar-refractivity contribution in [2.24, 2.45) is 5.73 Å². The molecule has 188 valence electrons. The van der Waals surface area contributed by atoms with Crippen molar-refractivity contribution in [2.45, 2.75) is 38.0 Å². The number of urea groups is 1. The lowest BCUT2D eigenvalue weighted by molar-refractivity contribution is -0.137. The minimum Gasteiger partial charge on any atom is -0.370 e. The Balaban J connectivity index is 1.54. The molecular weight excluding hydrogens is 474 g/mol. The molecular formula is C27H25F4N3O2. The molecule has 0 radical (unpaired) electrons. The zero-order valence-corrected chi connectivity index (χ0v) is 19.3. The fourth-order valence-corrected chi connectivity index (χ4v) is 4.47. The van der Waals surface area contributed by atoms with Gasteiger partial charge in [-0.05, 0) is 53.3 Å². The molecule has 3 amide bonds. The summed E-state index contributed by atoms with van der Waals surface area (Å²) in [4.78, 5) is 26.0. The van der Waals surface area contributed by atoms with Gasteiger partial charge in [-0.3, -0.25) is 4.79 Å². The van der Waals surface area contributed by atoms with E-state index in [9.17, 15) is 27.2 Å². The second kappa shape index (κ2) is 10.4. The highest BCUT2D eigenvalue weighted by molar-refractivity contribution is 5.77. The number of carbonyl (C=O) groups is 2. The fraction of sp³-hybridized carbons (Fsp3) is 0.259. The molecule has 36 heavy (non-hydrogen) atoms. The van der Waals surface area contributed by atoms with Gasteiger partial charge in [-0.25, -0.2) is 9.18 Å². The lowest BCUT2D eigenvalue weighted by atomic mass is 9.90. The Bertz CT molecular complexity index is 1240. The number of nitrogens with two attached hydrogens (primary N) is 1. The van der Waals surface area contributed by atoms with E-state index in [0.29, 0.717) is 30.5 Å². The highest BCUT2D eigenvalue weighted by Gasteiger charge is 2.31. The van der Waals surface area contributed by atoms with Crippen molar-refractivity contribution in [3.8, 4) is 11.1 Å². The molecule has 9 heteroatoms. The maximum atomic E-state index is 14.8. The molecule has 0 aromatic heterocycles. The SMILES string of the molecule is NC(=O)CC[C@H](NC(=O)N1CCc2c(ccc(F)c2-c2ccc(C(F)(F)F)cc2)C1)c1ccccc1. The van der Waals surface area contributed by atoms with Crippen LogP contribution in [0.2, 0.25) is 0 Å². The van der Waals surface area contributed by atoms with Gasteiger partial charge in [0.15, 0.2) is 0 Å². The van der Waals surface area contributed by atoms with Gasteiger partial charge in [-0.2, -0.15) is 13.2 Å². The van der Waals surface area contributed by atoms with Crippen LogP contribution >= 0.6 is 0 Å².